The normalized spacial score (nSPS) is 11.0. The second-order valence-electron chi connectivity index (χ2n) is 4.60. The number of H-pyrrole nitrogens is 1. The first-order valence-corrected chi connectivity index (χ1v) is 7.72. The van der Waals surface area contributed by atoms with Crippen molar-refractivity contribution in [2.24, 2.45) is 4.99 Å². The summed E-state index contributed by atoms with van der Waals surface area (Å²) in [6.07, 6.45) is 8.61. The second-order valence-corrected chi connectivity index (χ2v) is 5.48. The highest BCUT2D eigenvalue weighted by Crippen LogP contribution is 2.26. The Morgan fingerprint density at radius 2 is 2.12 bits per heavy atom. The molecular formula is C17H14F2N4S. The van der Waals surface area contributed by atoms with Crippen LogP contribution in [-0.2, 0) is 6.54 Å². The summed E-state index contributed by atoms with van der Waals surface area (Å²) >= 11 is 1.13. The van der Waals surface area contributed by atoms with Crippen LogP contribution in [0.25, 0.3) is 0 Å². The molecule has 2 N–H and O–H groups in total. The first-order valence-electron chi connectivity index (χ1n) is 6.91. The average molecular weight is 344 g/mol. The van der Waals surface area contributed by atoms with Crippen molar-refractivity contribution in [2.45, 2.75) is 11.4 Å². The number of benzene rings is 1. The van der Waals surface area contributed by atoms with Crippen LogP contribution in [0.3, 0.4) is 0 Å². The predicted octanol–water partition coefficient (Wildman–Crippen LogP) is 4.60. The van der Waals surface area contributed by atoms with Gasteiger partial charge in [0.05, 0.1) is 17.8 Å². The fraction of sp³-hybridized carbons (Fsp3) is 0.0588. The van der Waals surface area contributed by atoms with E-state index < -0.39 is 11.6 Å². The summed E-state index contributed by atoms with van der Waals surface area (Å²) in [5.41, 5.74) is 0.538. The Balaban J connectivity index is 1.95. The van der Waals surface area contributed by atoms with Crippen LogP contribution in [0.2, 0.25) is 0 Å². The topological polar surface area (TPSA) is 64.0 Å². The van der Waals surface area contributed by atoms with Gasteiger partial charge >= 0.3 is 0 Å². The van der Waals surface area contributed by atoms with Gasteiger partial charge in [0.2, 0.25) is 0 Å². The molecule has 122 valence electrons. The van der Waals surface area contributed by atoms with E-state index in [1.165, 1.54) is 0 Å². The lowest BCUT2D eigenvalue weighted by atomic mass is 10.2. The SMILES string of the molecule is C=C/C=C\C=NCc1cc(SNc2cc(F)c(C#N)cc2F)c[nH]1. The lowest BCUT2D eigenvalue weighted by molar-refractivity contribution is 0.601. The van der Waals surface area contributed by atoms with Crippen molar-refractivity contribution in [1.29, 1.82) is 5.26 Å². The Morgan fingerprint density at radius 1 is 1.29 bits per heavy atom. The van der Waals surface area contributed by atoms with Crippen molar-refractivity contribution in [3.63, 3.8) is 0 Å². The van der Waals surface area contributed by atoms with Crippen LogP contribution in [0, 0.1) is 23.0 Å². The molecule has 0 spiro atoms. The molecule has 0 fully saturated rings. The number of hydrogen-bond acceptors (Lipinski definition) is 4. The van der Waals surface area contributed by atoms with Gasteiger partial charge in [-0.1, -0.05) is 18.7 Å². The first-order chi connectivity index (χ1) is 11.6. The summed E-state index contributed by atoms with van der Waals surface area (Å²) in [6.45, 7) is 4.03. The molecule has 7 heteroatoms. The zero-order chi connectivity index (χ0) is 17.4. The van der Waals surface area contributed by atoms with E-state index in [9.17, 15) is 8.78 Å². The Hall–Kier alpha value is -2.85. The molecule has 2 aromatic rings. The minimum absolute atomic E-state index is 0.0215. The first kappa shape index (κ1) is 17.5. The third-order valence-electron chi connectivity index (χ3n) is 2.87. The van der Waals surface area contributed by atoms with Crippen LogP contribution in [0.5, 0.6) is 0 Å². The maximum atomic E-state index is 13.8. The number of nitrogens with zero attached hydrogens (tertiary/aromatic N) is 2. The van der Waals surface area contributed by atoms with E-state index in [2.05, 4.69) is 21.3 Å². The van der Waals surface area contributed by atoms with E-state index in [1.54, 1.807) is 36.7 Å². The number of halogens is 2. The number of nitrogens with one attached hydrogen (secondary N) is 2. The standard InChI is InChI=1S/C17H14F2N4S/c1-2-3-4-5-21-10-13-7-14(11-22-13)24-23-17-8-15(18)12(9-20)6-16(17)19/h2-8,11,22-23H,1,10H2/b4-3-,21-5?. The lowest BCUT2D eigenvalue weighted by Gasteiger charge is -2.06. The van der Waals surface area contributed by atoms with Crippen LogP contribution in [0.4, 0.5) is 14.5 Å². The summed E-state index contributed by atoms with van der Waals surface area (Å²) in [4.78, 5) is 8.04. The van der Waals surface area contributed by atoms with Gasteiger partial charge < -0.3 is 9.71 Å². The van der Waals surface area contributed by atoms with Crippen molar-refractivity contribution >= 4 is 23.8 Å². The Kier molecular flexibility index (Phi) is 6.34. The Bertz CT molecular complexity index is 818. The second kappa shape index (κ2) is 8.70. The van der Waals surface area contributed by atoms with Gasteiger partial charge in [-0.25, -0.2) is 8.78 Å². The fourth-order valence-corrected chi connectivity index (χ4v) is 2.44. The van der Waals surface area contributed by atoms with Crippen LogP contribution in [-0.4, -0.2) is 11.2 Å². The Morgan fingerprint density at radius 3 is 2.88 bits per heavy atom. The number of allylic oxidation sites excluding steroid dienone is 3. The predicted molar refractivity (Wildman–Crippen MR) is 92.9 cm³/mol. The molecule has 0 aliphatic heterocycles. The van der Waals surface area contributed by atoms with E-state index >= 15 is 0 Å². The molecule has 24 heavy (non-hydrogen) atoms. The van der Waals surface area contributed by atoms with Gasteiger partial charge in [0.15, 0.2) is 0 Å². The van der Waals surface area contributed by atoms with Crippen molar-refractivity contribution in [3.8, 4) is 6.07 Å². The molecule has 0 aliphatic carbocycles. The van der Waals surface area contributed by atoms with Crippen LogP contribution in [0.1, 0.15) is 11.3 Å². The highest BCUT2D eigenvalue weighted by Gasteiger charge is 2.10. The molecule has 0 bridgehead atoms. The molecular weight excluding hydrogens is 330 g/mol. The third kappa shape index (κ3) is 4.83. The molecule has 2 rings (SSSR count). The molecule has 0 unspecified atom stereocenters. The monoisotopic (exact) mass is 344 g/mol. The maximum Gasteiger partial charge on any atom is 0.148 e. The minimum Gasteiger partial charge on any atom is -0.362 e. The van der Waals surface area contributed by atoms with Crippen molar-refractivity contribution < 1.29 is 8.78 Å². The van der Waals surface area contributed by atoms with Gasteiger partial charge in [0.25, 0.3) is 0 Å². The summed E-state index contributed by atoms with van der Waals surface area (Å²) < 4.78 is 30.0. The van der Waals surface area contributed by atoms with Gasteiger partial charge in [-0.3, -0.25) is 4.99 Å². The van der Waals surface area contributed by atoms with Gasteiger partial charge in [-0.05, 0) is 30.2 Å². The number of hydrogen-bond donors (Lipinski definition) is 2. The average Bonchev–Trinajstić information content (AvgIpc) is 3.03. The number of aromatic amines is 1. The summed E-state index contributed by atoms with van der Waals surface area (Å²) in [6, 6.07) is 5.28. The van der Waals surface area contributed by atoms with E-state index in [1.807, 2.05) is 6.07 Å². The molecule has 1 heterocycles. The van der Waals surface area contributed by atoms with Crippen molar-refractivity contribution in [2.75, 3.05) is 4.72 Å². The molecule has 0 amide bonds. The molecule has 4 nitrogen and oxygen atoms in total. The minimum atomic E-state index is -0.765. The third-order valence-corrected chi connectivity index (χ3v) is 3.67. The largest absolute Gasteiger partial charge is 0.362 e. The smallest absolute Gasteiger partial charge is 0.148 e. The zero-order valence-corrected chi connectivity index (χ0v) is 13.4. The van der Waals surface area contributed by atoms with Gasteiger partial charge in [0.1, 0.15) is 17.7 Å². The lowest BCUT2D eigenvalue weighted by Crippen LogP contribution is -1.94. The van der Waals surface area contributed by atoms with Crippen molar-refractivity contribution in [3.05, 3.63) is 72.1 Å². The zero-order valence-electron chi connectivity index (χ0n) is 12.6. The number of nitriles is 1. The quantitative estimate of drug-likeness (QED) is 0.438. The van der Waals surface area contributed by atoms with Gasteiger partial charge in [0, 0.05) is 29.1 Å². The van der Waals surface area contributed by atoms with Crippen LogP contribution in [0.15, 0.2) is 59.1 Å². The highest BCUT2D eigenvalue weighted by atomic mass is 32.2. The van der Waals surface area contributed by atoms with E-state index in [0.29, 0.717) is 6.54 Å². The summed E-state index contributed by atoms with van der Waals surface area (Å²) in [7, 11) is 0. The van der Waals surface area contributed by atoms with E-state index in [-0.39, 0.29) is 11.3 Å². The highest BCUT2D eigenvalue weighted by molar-refractivity contribution is 8.00. The van der Waals surface area contributed by atoms with E-state index in [0.717, 1.165) is 34.7 Å². The van der Waals surface area contributed by atoms with Crippen molar-refractivity contribution in [1.82, 2.24) is 4.98 Å². The summed E-state index contributed by atoms with van der Waals surface area (Å²) in [5, 5.41) is 8.66. The van der Waals surface area contributed by atoms with E-state index in [4.69, 9.17) is 5.26 Å². The molecule has 1 aromatic carbocycles. The Labute approximate surface area is 142 Å². The summed E-state index contributed by atoms with van der Waals surface area (Å²) in [5.74, 6) is -1.45. The number of anilines is 1. The molecule has 0 radical (unpaired) electrons. The van der Waals surface area contributed by atoms with Crippen LogP contribution >= 0.6 is 11.9 Å². The van der Waals surface area contributed by atoms with Gasteiger partial charge in [-0.2, -0.15) is 5.26 Å². The van der Waals surface area contributed by atoms with Crippen LogP contribution < -0.4 is 4.72 Å². The molecule has 0 aliphatic rings. The molecule has 0 saturated carbocycles. The maximum absolute atomic E-state index is 13.8. The number of aliphatic imine (C=N–C) groups is 1. The fourth-order valence-electron chi connectivity index (χ4n) is 1.73. The number of aromatic nitrogens is 1. The molecule has 1 aromatic heterocycles. The number of rotatable bonds is 7. The molecule has 0 saturated heterocycles. The molecule has 0 atom stereocenters. The van der Waals surface area contributed by atoms with Gasteiger partial charge in [-0.15, -0.1) is 0 Å².